The van der Waals surface area contributed by atoms with E-state index in [1.807, 2.05) is 0 Å². The smallest absolute Gasteiger partial charge is 0.812 e. The zero-order valence-corrected chi connectivity index (χ0v) is 19.5. The summed E-state index contributed by atoms with van der Waals surface area (Å²) in [5, 5.41) is 0. The zero-order chi connectivity index (χ0) is 14.6. The van der Waals surface area contributed by atoms with Gasteiger partial charge in [-0.05, 0) is 6.42 Å². The maximum atomic E-state index is 11.3. The van der Waals surface area contributed by atoms with Crippen LogP contribution in [0.5, 0.6) is 0 Å². The summed E-state index contributed by atoms with van der Waals surface area (Å²) >= 11 is 4.04. The molecule has 0 aromatic heterocycles. The summed E-state index contributed by atoms with van der Waals surface area (Å²) in [5.41, 5.74) is 0. The fourth-order valence-corrected chi connectivity index (χ4v) is 2.32. The number of hydrogen-bond acceptors (Lipinski definition) is 5. The Balaban J connectivity index is -0.00000162. The molecule has 0 rings (SSSR count). The second-order valence-corrected chi connectivity index (χ2v) is 7.33. The van der Waals surface area contributed by atoms with Crippen molar-refractivity contribution in [2.24, 2.45) is 0 Å². The number of carbonyl (C=O) groups excluding carboxylic acids is 1. The van der Waals surface area contributed by atoms with Crippen LogP contribution < -0.4 is 68.9 Å². The molecular formula is C13H25Na2O4PS. The Hall–Kier alpha value is 2.20. The van der Waals surface area contributed by atoms with Crippen LogP contribution in [0.2, 0.25) is 0 Å². The van der Waals surface area contributed by atoms with Gasteiger partial charge in [-0.2, -0.15) is 0 Å². The van der Waals surface area contributed by atoms with E-state index in [1.165, 1.54) is 38.5 Å². The molecule has 0 aromatic carbocycles. The molecule has 0 aromatic rings. The summed E-state index contributed by atoms with van der Waals surface area (Å²) < 4.78 is 4.29. The van der Waals surface area contributed by atoms with Gasteiger partial charge < -0.3 is 14.3 Å². The van der Waals surface area contributed by atoms with Gasteiger partial charge in [0.2, 0.25) is 0 Å². The number of carbonyl (C=O) groups is 1. The van der Waals surface area contributed by atoms with Crippen LogP contribution in [0.3, 0.4) is 0 Å². The Kier molecular flexibility index (Phi) is 24.7. The average Bonchev–Trinajstić information content (AvgIpc) is 2.33. The third kappa shape index (κ3) is 24.6. The van der Waals surface area contributed by atoms with Crippen molar-refractivity contribution in [3.63, 3.8) is 0 Å². The minimum atomic E-state index is -4.17. The van der Waals surface area contributed by atoms with Crippen LogP contribution in [0.4, 0.5) is 0 Å². The largest absolute Gasteiger partial charge is 1.00 e. The van der Waals surface area contributed by atoms with E-state index in [4.69, 9.17) is 0 Å². The van der Waals surface area contributed by atoms with E-state index in [2.05, 4.69) is 23.3 Å². The Morgan fingerprint density at radius 1 is 0.952 bits per heavy atom. The van der Waals surface area contributed by atoms with E-state index in [0.29, 0.717) is 6.42 Å². The molecule has 0 saturated carbocycles. The first kappa shape index (κ1) is 28.0. The van der Waals surface area contributed by atoms with Crippen molar-refractivity contribution in [3.05, 3.63) is 0 Å². The molecule has 0 aliphatic heterocycles. The van der Waals surface area contributed by atoms with E-state index in [9.17, 15) is 14.6 Å². The predicted molar refractivity (Wildman–Crippen MR) is 77.1 cm³/mol. The number of unbranched alkanes of at least 4 members (excludes halogenated alkanes) is 8. The van der Waals surface area contributed by atoms with E-state index in [0.717, 1.165) is 19.3 Å². The van der Waals surface area contributed by atoms with Gasteiger partial charge in [0.05, 0.1) is 0 Å². The van der Waals surface area contributed by atoms with Crippen LogP contribution in [0.1, 0.15) is 71.1 Å². The van der Waals surface area contributed by atoms with Crippen molar-refractivity contribution < 1.29 is 78.2 Å². The minimum absolute atomic E-state index is 0. The predicted octanol–water partition coefficient (Wildman–Crippen LogP) is -3.55. The van der Waals surface area contributed by atoms with Gasteiger partial charge in [0, 0.05) is 6.42 Å². The molecule has 0 N–H and O–H groups in total. The van der Waals surface area contributed by atoms with Crippen molar-refractivity contribution in [2.45, 2.75) is 71.1 Å². The molecule has 0 unspecified atom stereocenters. The maximum absolute atomic E-state index is 11.3. The molecule has 8 heteroatoms. The molecule has 0 saturated heterocycles. The van der Waals surface area contributed by atoms with Gasteiger partial charge in [-0.15, -0.1) is 11.8 Å². The first-order chi connectivity index (χ1) is 8.95. The molecule has 0 heterocycles. The van der Waals surface area contributed by atoms with E-state index in [1.54, 1.807) is 0 Å². The molecule has 4 nitrogen and oxygen atoms in total. The van der Waals surface area contributed by atoms with Gasteiger partial charge >= 0.3 is 59.1 Å². The van der Waals surface area contributed by atoms with Crippen LogP contribution in [0.15, 0.2) is 0 Å². The summed E-state index contributed by atoms with van der Waals surface area (Å²) in [6.45, 7) is -2.37. The van der Waals surface area contributed by atoms with Gasteiger partial charge in [-0.3, -0.25) is 4.79 Å². The third-order valence-electron chi connectivity index (χ3n) is 2.94. The van der Waals surface area contributed by atoms with Crippen LogP contribution in [-0.2, 0) is 21.1 Å². The zero-order valence-electron chi connectivity index (χ0n) is 13.8. The monoisotopic (exact) mass is 354 g/mol. The number of rotatable bonds is 13. The van der Waals surface area contributed by atoms with Crippen LogP contribution in [0.25, 0.3) is 0 Å². The second-order valence-electron chi connectivity index (χ2n) is 4.84. The quantitative estimate of drug-likeness (QED) is 0.195. The number of Topliss-reactive ketones (excluding diaryl/α,β-unsaturated/α-hetero) is 1. The van der Waals surface area contributed by atoms with Crippen molar-refractivity contribution in [2.75, 3.05) is 6.61 Å². The molecule has 0 fully saturated rings. The molecule has 21 heavy (non-hydrogen) atoms. The standard InChI is InChI=1S/C13H27O4PS.2Na/c1-2-3-4-5-6-7-8-9-10-11-13(14)12-17-18(15,16)19;;/h2-12H2,1H3,(H2,15,16,19);;/q;2*+1/p-2. The second kappa shape index (κ2) is 18.5. The molecule has 0 radical (unpaired) electrons. The normalized spacial score (nSPS) is 10.6. The van der Waals surface area contributed by atoms with E-state index in [-0.39, 0.29) is 64.9 Å². The van der Waals surface area contributed by atoms with Crippen molar-refractivity contribution in [1.82, 2.24) is 0 Å². The summed E-state index contributed by atoms with van der Waals surface area (Å²) in [5.74, 6) is -0.191. The Morgan fingerprint density at radius 3 is 1.81 bits per heavy atom. The Labute approximate surface area is 178 Å². The molecular weight excluding hydrogens is 329 g/mol. The van der Waals surface area contributed by atoms with Gasteiger partial charge in [-0.1, -0.05) is 65.0 Å². The van der Waals surface area contributed by atoms with Crippen molar-refractivity contribution in [1.29, 1.82) is 0 Å². The van der Waals surface area contributed by atoms with Crippen LogP contribution >= 0.6 is 6.72 Å². The van der Waals surface area contributed by atoms with Crippen molar-refractivity contribution in [3.8, 4) is 0 Å². The molecule has 0 aliphatic rings. The minimum Gasteiger partial charge on any atom is -0.812 e. The van der Waals surface area contributed by atoms with Gasteiger partial charge in [0.25, 0.3) is 0 Å². The molecule has 0 amide bonds. The summed E-state index contributed by atoms with van der Waals surface area (Å²) in [6.07, 6.45) is 11.0. The number of hydrogen-bond donors (Lipinski definition) is 0. The summed E-state index contributed by atoms with van der Waals surface area (Å²) in [6, 6.07) is 0. The fourth-order valence-electron chi connectivity index (χ4n) is 1.86. The molecule has 0 spiro atoms. The van der Waals surface area contributed by atoms with Crippen LogP contribution in [0, 0.1) is 0 Å². The topological polar surface area (TPSA) is 72.4 Å². The van der Waals surface area contributed by atoms with E-state index < -0.39 is 13.3 Å². The third-order valence-corrected chi connectivity index (χ3v) is 3.70. The Morgan fingerprint density at radius 2 is 1.38 bits per heavy atom. The summed E-state index contributed by atoms with van der Waals surface area (Å²) in [7, 11) is 0. The molecule has 0 bridgehead atoms. The molecule has 114 valence electrons. The first-order valence-electron chi connectivity index (χ1n) is 7.14. The van der Waals surface area contributed by atoms with E-state index >= 15 is 0 Å². The van der Waals surface area contributed by atoms with Gasteiger partial charge in [-0.25, -0.2) is 0 Å². The Bertz CT molecular complexity index is 287. The number of ketones is 1. The van der Waals surface area contributed by atoms with Gasteiger partial charge in [0.15, 0.2) is 5.78 Å². The molecule has 0 aliphatic carbocycles. The summed E-state index contributed by atoms with van der Waals surface area (Å²) in [4.78, 5) is 32.3. The van der Waals surface area contributed by atoms with Crippen LogP contribution in [-0.4, -0.2) is 12.4 Å². The van der Waals surface area contributed by atoms with Crippen molar-refractivity contribution >= 4 is 24.3 Å². The SMILES string of the molecule is CCCCCCCCCCCC(=O)COP([O-])([O-])=S.[Na+].[Na+]. The average molecular weight is 354 g/mol. The maximum Gasteiger partial charge on any atom is 1.00 e. The molecule has 0 atom stereocenters. The van der Waals surface area contributed by atoms with Gasteiger partial charge in [0.1, 0.15) is 6.61 Å². The fraction of sp³-hybridized carbons (Fsp3) is 0.923. The first-order valence-corrected chi connectivity index (χ1v) is 9.69.